The van der Waals surface area contributed by atoms with Gasteiger partial charge < -0.3 is 9.64 Å². The molecule has 17 heavy (non-hydrogen) atoms. The largest absolute Gasteiger partial charge is 0.455 e. The molecule has 0 aliphatic carbocycles. The molecule has 0 saturated heterocycles. The number of nitrogens with zero attached hydrogens (tertiary/aromatic N) is 1. The van der Waals surface area contributed by atoms with Gasteiger partial charge >= 0.3 is 5.97 Å². The second-order valence-corrected chi connectivity index (χ2v) is 3.92. The molecule has 0 aromatic rings. The Bertz CT molecular complexity index is 249. The molecule has 0 amide bonds. The van der Waals surface area contributed by atoms with Gasteiger partial charge in [0.1, 0.15) is 6.61 Å². The van der Waals surface area contributed by atoms with Crippen LogP contribution in [0.1, 0.15) is 46.5 Å². The normalized spacial score (nSPS) is 9.88. The summed E-state index contributed by atoms with van der Waals surface area (Å²) in [5.74, 6) is 4.97. The molecule has 98 valence electrons. The van der Waals surface area contributed by atoms with E-state index < -0.39 is 5.97 Å². The van der Waals surface area contributed by atoms with Crippen LogP contribution in [0.4, 0.5) is 0 Å². The van der Waals surface area contributed by atoms with Gasteiger partial charge in [-0.25, -0.2) is 4.79 Å². The Morgan fingerprint density at radius 2 is 1.88 bits per heavy atom. The number of rotatable bonds is 8. The van der Waals surface area contributed by atoms with Crippen molar-refractivity contribution in [3.63, 3.8) is 0 Å². The molecule has 0 spiro atoms. The third kappa shape index (κ3) is 9.89. The minimum Gasteiger partial charge on any atom is -0.455 e. The highest BCUT2D eigenvalue weighted by Gasteiger charge is 2.00. The number of hydrogen-bond acceptors (Lipinski definition) is 3. The zero-order valence-corrected chi connectivity index (χ0v) is 11.4. The quantitative estimate of drug-likeness (QED) is 0.282. The molecule has 3 nitrogen and oxygen atoms in total. The molecule has 0 radical (unpaired) electrons. The third-order valence-electron chi connectivity index (χ3n) is 2.63. The van der Waals surface area contributed by atoms with Crippen molar-refractivity contribution in [1.29, 1.82) is 0 Å². The molecular formula is C14H25NO2. The minimum absolute atomic E-state index is 0.395. The maximum atomic E-state index is 11.2. The van der Waals surface area contributed by atoms with E-state index in [9.17, 15) is 4.79 Å². The van der Waals surface area contributed by atoms with E-state index in [0.29, 0.717) is 6.61 Å². The van der Waals surface area contributed by atoms with Gasteiger partial charge in [-0.15, -0.1) is 0 Å². The predicted molar refractivity (Wildman–Crippen MR) is 70.7 cm³/mol. The Kier molecular flexibility index (Phi) is 10.8. The average molecular weight is 239 g/mol. The van der Waals surface area contributed by atoms with Crippen LogP contribution in [0.5, 0.6) is 0 Å². The molecule has 0 saturated carbocycles. The molecule has 0 atom stereocenters. The standard InChI is InChI=1S/C14H25NO2/c1-4-7-8-9-10-11-14(16)17-13-12-15(5-2)6-3/h4-9,12-13H2,1-3H3. The van der Waals surface area contributed by atoms with Crippen LogP contribution in [0.15, 0.2) is 0 Å². The van der Waals surface area contributed by atoms with Gasteiger partial charge in [0.25, 0.3) is 0 Å². The topological polar surface area (TPSA) is 29.5 Å². The number of hydrogen-bond donors (Lipinski definition) is 0. The van der Waals surface area contributed by atoms with Gasteiger partial charge in [0.2, 0.25) is 0 Å². The lowest BCUT2D eigenvalue weighted by Gasteiger charge is -2.16. The summed E-state index contributed by atoms with van der Waals surface area (Å²) in [7, 11) is 0. The Hall–Kier alpha value is -1.01. The van der Waals surface area contributed by atoms with Crippen LogP contribution in [0.3, 0.4) is 0 Å². The molecule has 0 unspecified atom stereocenters. The van der Waals surface area contributed by atoms with E-state index in [-0.39, 0.29) is 0 Å². The van der Waals surface area contributed by atoms with Crippen LogP contribution >= 0.6 is 0 Å². The Morgan fingerprint density at radius 1 is 1.18 bits per heavy atom. The Labute approximate surface area is 106 Å². The van der Waals surface area contributed by atoms with Crippen molar-refractivity contribution in [2.75, 3.05) is 26.2 Å². The van der Waals surface area contributed by atoms with Gasteiger partial charge in [0.05, 0.1) is 0 Å². The van der Waals surface area contributed by atoms with E-state index >= 15 is 0 Å². The highest BCUT2D eigenvalue weighted by Crippen LogP contribution is 1.96. The molecule has 0 fully saturated rings. The van der Waals surface area contributed by atoms with Crippen molar-refractivity contribution in [2.45, 2.75) is 46.5 Å². The van der Waals surface area contributed by atoms with Crippen molar-refractivity contribution < 1.29 is 9.53 Å². The van der Waals surface area contributed by atoms with Crippen molar-refractivity contribution in [2.24, 2.45) is 0 Å². The average Bonchev–Trinajstić information content (AvgIpc) is 2.34. The monoisotopic (exact) mass is 239 g/mol. The summed E-state index contributed by atoms with van der Waals surface area (Å²) in [5.41, 5.74) is 0. The summed E-state index contributed by atoms with van der Waals surface area (Å²) in [4.78, 5) is 13.4. The van der Waals surface area contributed by atoms with E-state index in [2.05, 4.69) is 37.5 Å². The minimum atomic E-state index is -0.395. The van der Waals surface area contributed by atoms with Gasteiger partial charge in [-0.2, -0.15) is 0 Å². The molecule has 0 aliphatic heterocycles. The van der Waals surface area contributed by atoms with Crippen LogP contribution in [0, 0.1) is 11.8 Å². The fourth-order valence-corrected chi connectivity index (χ4v) is 1.44. The highest BCUT2D eigenvalue weighted by atomic mass is 16.5. The summed E-state index contributed by atoms with van der Waals surface area (Å²) >= 11 is 0. The van der Waals surface area contributed by atoms with Crippen LogP contribution in [-0.4, -0.2) is 37.1 Å². The van der Waals surface area contributed by atoms with E-state index in [1.54, 1.807) is 0 Å². The zero-order valence-electron chi connectivity index (χ0n) is 11.4. The molecule has 0 heterocycles. The second kappa shape index (κ2) is 11.5. The number of ether oxygens (including phenoxy) is 1. The van der Waals surface area contributed by atoms with Gasteiger partial charge in [0.15, 0.2) is 0 Å². The van der Waals surface area contributed by atoms with Gasteiger partial charge in [-0.05, 0) is 19.5 Å². The van der Waals surface area contributed by atoms with E-state index in [1.807, 2.05) is 0 Å². The predicted octanol–water partition coefficient (Wildman–Crippen LogP) is 2.46. The van der Waals surface area contributed by atoms with Crippen LogP contribution < -0.4 is 0 Å². The maximum Gasteiger partial charge on any atom is 0.384 e. The SMILES string of the molecule is CCCCCC#CC(=O)OCCN(CC)CC. The third-order valence-corrected chi connectivity index (χ3v) is 2.63. The lowest BCUT2D eigenvalue weighted by molar-refractivity contribution is -0.137. The summed E-state index contributed by atoms with van der Waals surface area (Å²) in [6.07, 6.45) is 4.21. The van der Waals surface area contributed by atoms with Crippen molar-refractivity contribution in [3.8, 4) is 11.8 Å². The van der Waals surface area contributed by atoms with Crippen molar-refractivity contribution in [3.05, 3.63) is 0 Å². The number of likely N-dealkylation sites (N-methyl/N-ethyl adjacent to an activating group) is 1. The molecule has 0 rings (SSSR count). The van der Waals surface area contributed by atoms with Gasteiger partial charge in [-0.3, -0.25) is 0 Å². The van der Waals surface area contributed by atoms with E-state index in [4.69, 9.17) is 4.74 Å². The molecular weight excluding hydrogens is 214 g/mol. The molecule has 0 bridgehead atoms. The first-order valence-corrected chi connectivity index (χ1v) is 6.62. The molecule has 0 aliphatic rings. The van der Waals surface area contributed by atoms with Gasteiger partial charge in [-0.1, -0.05) is 39.5 Å². The second-order valence-electron chi connectivity index (χ2n) is 3.92. The van der Waals surface area contributed by atoms with E-state index in [1.165, 1.54) is 12.8 Å². The fraction of sp³-hybridized carbons (Fsp3) is 0.786. The molecule has 3 heteroatoms. The Morgan fingerprint density at radius 3 is 2.47 bits per heavy atom. The lowest BCUT2D eigenvalue weighted by atomic mass is 10.2. The Balaban J connectivity index is 3.58. The van der Waals surface area contributed by atoms with Gasteiger partial charge in [0, 0.05) is 18.9 Å². The van der Waals surface area contributed by atoms with Crippen molar-refractivity contribution >= 4 is 5.97 Å². The van der Waals surface area contributed by atoms with Crippen LogP contribution in [-0.2, 0) is 9.53 Å². The first-order valence-electron chi connectivity index (χ1n) is 6.62. The maximum absolute atomic E-state index is 11.2. The number of unbranched alkanes of at least 4 members (excludes halogenated alkanes) is 3. The first kappa shape index (κ1) is 16.0. The number of esters is 1. The van der Waals surface area contributed by atoms with Crippen LogP contribution in [0.2, 0.25) is 0 Å². The zero-order chi connectivity index (χ0) is 12.9. The fourth-order valence-electron chi connectivity index (χ4n) is 1.44. The number of carbonyl (C=O) groups is 1. The molecule has 0 aromatic heterocycles. The summed E-state index contributed by atoms with van der Waals surface area (Å²) in [6, 6.07) is 0. The number of carbonyl (C=O) groups excluding carboxylic acids is 1. The molecule has 0 aromatic carbocycles. The van der Waals surface area contributed by atoms with Crippen molar-refractivity contribution in [1.82, 2.24) is 4.90 Å². The summed E-state index contributed by atoms with van der Waals surface area (Å²) in [6.45, 7) is 9.53. The lowest BCUT2D eigenvalue weighted by Crippen LogP contribution is -2.27. The first-order chi connectivity index (χ1) is 8.24. The summed E-state index contributed by atoms with van der Waals surface area (Å²) < 4.78 is 5.03. The summed E-state index contributed by atoms with van der Waals surface area (Å²) in [5, 5.41) is 0. The van der Waals surface area contributed by atoms with E-state index in [0.717, 1.165) is 32.5 Å². The van der Waals surface area contributed by atoms with Crippen LogP contribution in [0.25, 0.3) is 0 Å². The smallest absolute Gasteiger partial charge is 0.384 e. The molecule has 0 N–H and O–H groups in total. The highest BCUT2D eigenvalue weighted by molar-refractivity contribution is 5.88.